The zero-order chi connectivity index (χ0) is 20.6. The van der Waals surface area contributed by atoms with Crippen LogP contribution in [0.4, 0.5) is 5.69 Å². The number of aryl methyl sites for hydroxylation is 1. The van der Waals surface area contributed by atoms with Crippen LogP contribution in [0.5, 0.6) is 0 Å². The second-order valence-corrected chi connectivity index (χ2v) is 7.26. The van der Waals surface area contributed by atoms with Gasteiger partial charge in [-0.05, 0) is 24.1 Å². The molecule has 0 fully saturated rings. The molecule has 3 aromatic rings. The summed E-state index contributed by atoms with van der Waals surface area (Å²) < 4.78 is 0. The van der Waals surface area contributed by atoms with Crippen molar-refractivity contribution < 1.29 is 14.8 Å². The van der Waals surface area contributed by atoms with E-state index in [4.69, 9.17) is 5.21 Å². The Morgan fingerprint density at radius 2 is 1.83 bits per heavy atom. The molecule has 0 saturated carbocycles. The first-order valence-electron chi connectivity index (χ1n) is 9.20. The molecule has 0 spiro atoms. The van der Waals surface area contributed by atoms with Crippen molar-refractivity contribution in [3.8, 4) is 10.6 Å². The minimum atomic E-state index is -0.647. The standard InChI is InChI=1S/C22H21N3O3S/c1-2-8-18-20(29-22(24-18)16-10-4-3-5-11-16)21(27)23-17-12-7-6-9-15(17)13-14-19(26)25-28/h3-7,9-14,28H,2,8H2,1H3,(H,23,27)(H,25,26)/b14-13+. The van der Waals surface area contributed by atoms with Crippen molar-refractivity contribution >= 4 is 34.9 Å². The molecule has 0 atom stereocenters. The molecule has 2 aromatic carbocycles. The molecule has 0 saturated heterocycles. The van der Waals surface area contributed by atoms with Gasteiger partial charge in [0.1, 0.15) is 9.88 Å². The Labute approximate surface area is 172 Å². The van der Waals surface area contributed by atoms with E-state index >= 15 is 0 Å². The van der Waals surface area contributed by atoms with Crippen molar-refractivity contribution in [1.82, 2.24) is 10.5 Å². The summed E-state index contributed by atoms with van der Waals surface area (Å²) in [5.41, 5.74) is 4.51. The van der Waals surface area contributed by atoms with Crippen molar-refractivity contribution in [3.05, 3.63) is 76.8 Å². The molecule has 0 unspecified atom stereocenters. The number of hydrogen-bond acceptors (Lipinski definition) is 5. The molecule has 1 aromatic heterocycles. The van der Waals surface area contributed by atoms with Gasteiger partial charge in [-0.1, -0.05) is 61.9 Å². The van der Waals surface area contributed by atoms with E-state index in [0.29, 0.717) is 22.5 Å². The van der Waals surface area contributed by atoms with Gasteiger partial charge in [0, 0.05) is 17.3 Å². The van der Waals surface area contributed by atoms with Crippen LogP contribution < -0.4 is 10.8 Å². The van der Waals surface area contributed by atoms with Gasteiger partial charge in [0.2, 0.25) is 0 Å². The zero-order valence-corrected chi connectivity index (χ0v) is 16.7. The third-order valence-electron chi connectivity index (χ3n) is 4.14. The average Bonchev–Trinajstić information content (AvgIpc) is 3.18. The fraction of sp³-hybridized carbons (Fsp3) is 0.136. The van der Waals surface area contributed by atoms with Crippen LogP contribution in [0.15, 0.2) is 60.7 Å². The Morgan fingerprint density at radius 1 is 1.10 bits per heavy atom. The van der Waals surface area contributed by atoms with Crippen LogP contribution in [0.3, 0.4) is 0 Å². The zero-order valence-electron chi connectivity index (χ0n) is 15.9. The number of aromatic nitrogens is 1. The van der Waals surface area contributed by atoms with Gasteiger partial charge < -0.3 is 5.32 Å². The first-order valence-corrected chi connectivity index (χ1v) is 10.0. The highest BCUT2D eigenvalue weighted by molar-refractivity contribution is 7.17. The number of hydroxylamine groups is 1. The van der Waals surface area contributed by atoms with Gasteiger partial charge in [-0.25, -0.2) is 10.5 Å². The number of para-hydroxylation sites is 1. The molecular weight excluding hydrogens is 386 g/mol. The van der Waals surface area contributed by atoms with Gasteiger partial charge in [-0.3, -0.25) is 14.8 Å². The molecule has 3 rings (SSSR count). The summed E-state index contributed by atoms with van der Waals surface area (Å²) in [6.07, 6.45) is 4.31. The SMILES string of the molecule is CCCc1nc(-c2ccccc2)sc1C(=O)Nc1ccccc1/C=C/C(=O)NO. The quantitative estimate of drug-likeness (QED) is 0.305. The lowest BCUT2D eigenvalue weighted by atomic mass is 10.1. The van der Waals surface area contributed by atoms with Crippen molar-refractivity contribution in [2.45, 2.75) is 19.8 Å². The number of rotatable bonds is 7. The van der Waals surface area contributed by atoms with E-state index in [2.05, 4.69) is 17.2 Å². The molecule has 29 heavy (non-hydrogen) atoms. The second-order valence-electron chi connectivity index (χ2n) is 6.26. The normalized spacial score (nSPS) is 10.8. The third kappa shape index (κ3) is 5.16. The van der Waals surface area contributed by atoms with Crippen molar-refractivity contribution in [3.63, 3.8) is 0 Å². The summed E-state index contributed by atoms with van der Waals surface area (Å²) in [6.45, 7) is 2.05. The largest absolute Gasteiger partial charge is 0.321 e. The lowest BCUT2D eigenvalue weighted by Gasteiger charge is -2.08. The summed E-state index contributed by atoms with van der Waals surface area (Å²) in [5, 5.41) is 12.4. The Morgan fingerprint density at radius 3 is 2.55 bits per heavy atom. The van der Waals surface area contributed by atoms with Crippen molar-refractivity contribution in [2.75, 3.05) is 5.32 Å². The first-order chi connectivity index (χ1) is 14.1. The molecule has 0 radical (unpaired) electrons. The van der Waals surface area contributed by atoms with Gasteiger partial charge >= 0.3 is 0 Å². The predicted octanol–water partition coefficient (Wildman–Crippen LogP) is 4.53. The van der Waals surface area contributed by atoms with Crippen LogP contribution >= 0.6 is 11.3 Å². The number of amides is 2. The van der Waals surface area contributed by atoms with Crippen LogP contribution in [0.25, 0.3) is 16.6 Å². The monoisotopic (exact) mass is 407 g/mol. The molecule has 0 aliphatic rings. The predicted molar refractivity (Wildman–Crippen MR) is 115 cm³/mol. The van der Waals surface area contributed by atoms with E-state index in [1.807, 2.05) is 30.3 Å². The molecule has 1 heterocycles. The van der Waals surface area contributed by atoms with Gasteiger partial charge in [0.05, 0.1) is 5.69 Å². The maximum atomic E-state index is 13.0. The Kier molecular flexibility index (Phi) is 6.89. The van der Waals surface area contributed by atoms with Crippen LogP contribution in [0.2, 0.25) is 0 Å². The number of carbonyl (C=O) groups is 2. The molecular formula is C22H21N3O3S. The highest BCUT2D eigenvalue weighted by Gasteiger charge is 2.19. The van der Waals surface area contributed by atoms with Crippen LogP contribution in [-0.2, 0) is 11.2 Å². The van der Waals surface area contributed by atoms with Gasteiger partial charge in [-0.15, -0.1) is 11.3 Å². The number of nitrogens with zero attached hydrogens (tertiary/aromatic N) is 1. The number of benzene rings is 2. The van der Waals surface area contributed by atoms with E-state index in [1.165, 1.54) is 23.5 Å². The summed E-state index contributed by atoms with van der Waals surface area (Å²) >= 11 is 1.37. The van der Waals surface area contributed by atoms with Crippen LogP contribution in [0.1, 0.15) is 34.3 Å². The van der Waals surface area contributed by atoms with E-state index in [-0.39, 0.29) is 5.91 Å². The molecule has 6 nitrogen and oxygen atoms in total. The summed E-state index contributed by atoms with van der Waals surface area (Å²) in [4.78, 5) is 29.5. The van der Waals surface area contributed by atoms with Gasteiger partial charge in [0.15, 0.2) is 0 Å². The summed E-state index contributed by atoms with van der Waals surface area (Å²) in [7, 11) is 0. The number of carbonyl (C=O) groups excluding carboxylic acids is 2. The lowest BCUT2D eigenvalue weighted by molar-refractivity contribution is -0.124. The molecule has 7 heteroatoms. The minimum absolute atomic E-state index is 0.236. The van der Waals surface area contributed by atoms with E-state index in [1.54, 1.807) is 29.7 Å². The average molecular weight is 407 g/mol. The first kappa shape index (κ1) is 20.4. The third-order valence-corrected chi connectivity index (χ3v) is 5.29. The van der Waals surface area contributed by atoms with Gasteiger partial charge in [0.25, 0.3) is 11.8 Å². The minimum Gasteiger partial charge on any atom is -0.321 e. The van der Waals surface area contributed by atoms with Crippen LogP contribution in [-0.4, -0.2) is 22.0 Å². The Hall–Kier alpha value is -3.29. The molecule has 2 amide bonds. The number of anilines is 1. The van der Waals surface area contributed by atoms with Gasteiger partial charge in [-0.2, -0.15) is 0 Å². The molecule has 0 bridgehead atoms. The molecule has 0 aliphatic carbocycles. The second kappa shape index (κ2) is 9.77. The summed E-state index contributed by atoms with van der Waals surface area (Å²) in [5.74, 6) is -0.882. The van der Waals surface area contributed by atoms with Crippen LogP contribution in [0, 0.1) is 0 Å². The van der Waals surface area contributed by atoms with E-state index in [0.717, 1.165) is 22.7 Å². The molecule has 3 N–H and O–H groups in total. The smallest absolute Gasteiger partial charge is 0.267 e. The van der Waals surface area contributed by atoms with E-state index < -0.39 is 5.91 Å². The maximum absolute atomic E-state index is 13.0. The topological polar surface area (TPSA) is 91.3 Å². The fourth-order valence-electron chi connectivity index (χ4n) is 2.78. The number of nitrogens with one attached hydrogen (secondary N) is 2. The fourth-order valence-corrected chi connectivity index (χ4v) is 3.79. The van der Waals surface area contributed by atoms with Crippen molar-refractivity contribution in [2.24, 2.45) is 0 Å². The van der Waals surface area contributed by atoms with E-state index in [9.17, 15) is 9.59 Å². The molecule has 148 valence electrons. The number of hydrogen-bond donors (Lipinski definition) is 3. The highest BCUT2D eigenvalue weighted by atomic mass is 32.1. The number of thiazole rings is 1. The Bertz CT molecular complexity index is 1030. The molecule has 0 aliphatic heterocycles. The highest BCUT2D eigenvalue weighted by Crippen LogP contribution is 2.30. The van der Waals surface area contributed by atoms with Crippen molar-refractivity contribution in [1.29, 1.82) is 0 Å². The lowest BCUT2D eigenvalue weighted by Crippen LogP contribution is -2.15. The maximum Gasteiger partial charge on any atom is 0.267 e. The summed E-state index contributed by atoms with van der Waals surface area (Å²) in [6, 6.07) is 16.9. The Balaban J connectivity index is 1.89.